The van der Waals surface area contributed by atoms with Gasteiger partial charge in [-0.2, -0.15) is 0 Å². The van der Waals surface area contributed by atoms with E-state index in [0.29, 0.717) is 17.5 Å². The number of nitrogens with zero attached hydrogens (tertiary/aromatic N) is 3. The molecule has 8 rings (SSSR count). The van der Waals surface area contributed by atoms with Gasteiger partial charge in [0, 0.05) is 16.7 Å². The largest absolute Gasteiger partial charge is 0.208 e. The van der Waals surface area contributed by atoms with Gasteiger partial charge >= 0.3 is 0 Å². The van der Waals surface area contributed by atoms with E-state index in [2.05, 4.69) is 98.1 Å². The van der Waals surface area contributed by atoms with Gasteiger partial charge in [0.25, 0.3) is 0 Å². The van der Waals surface area contributed by atoms with Gasteiger partial charge < -0.3 is 0 Å². The summed E-state index contributed by atoms with van der Waals surface area (Å²) in [6.07, 6.45) is 3.89. The van der Waals surface area contributed by atoms with Crippen molar-refractivity contribution in [2.45, 2.75) is 0 Å². The minimum atomic E-state index is 0.618. The fraction of sp³-hybridized carbons (Fsp3) is 0. The van der Waals surface area contributed by atoms with Crippen molar-refractivity contribution in [3.63, 3.8) is 0 Å². The molecule has 0 spiro atoms. The van der Waals surface area contributed by atoms with Crippen LogP contribution in [0.15, 0.2) is 165 Å². The Kier molecular flexibility index (Phi) is 7.48. The molecule has 0 amide bonds. The molecule has 0 fully saturated rings. The molecule has 0 radical (unpaired) electrons. The highest BCUT2D eigenvalue weighted by molar-refractivity contribution is 6.19. The van der Waals surface area contributed by atoms with Gasteiger partial charge in [-0.1, -0.05) is 159 Å². The first-order valence-corrected chi connectivity index (χ1v) is 16.0. The second-order valence-electron chi connectivity index (χ2n) is 11.7. The number of hydrogen-bond donors (Lipinski definition) is 0. The number of rotatable bonds is 7. The molecule has 3 heteroatoms. The average molecular weight is 614 g/mol. The van der Waals surface area contributed by atoms with E-state index in [4.69, 9.17) is 15.0 Å². The summed E-state index contributed by atoms with van der Waals surface area (Å²) in [5.74, 6) is 1.89. The van der Waals surface area contributed by atoms with Crippen molar-refractivity contribution in [3.8, 4) is 56.4 Å². The second kappa shape index (κ2) is 12.4. The molecule has 8 aromatic rings. The van der Waals surface area contributed by atoms with E-state index in [9.17, 15) is 0 Å². The molecule has 0 unspecified atom stereocenters. The molecule has 0 atom stereocenters. The zero-order valence-corrected chi connectivity index (χ0v) is 26.3. The van der Waals surface area contributed by atoms with Crippen LogP contribution in [0.5, 0.6) is 0 Å². The van der Waals surface area contributed by atoms with Gasteiger partial charge in [0.2, 0.25) is 0 Å². The van der Waals surface area contributed by atoms with Crippen LogP contribution >= 0.6 is 0 Å². The Labute approximate surface area is 280 Å². The van der Waals surface area contributed by atoms with Crippen LogP contribution in [-0.2, 0) is 0 Å². The van der Waals surface area contributed by atoms with Crippen LogP contribution < -0.4 is 0 Å². The van der Waals surface area contributed by atoms with Crippen molar-refractivity contribution < 1.29 is 0 Å². The monoisotopic (exact) mass is 613 g/mol. The molecule has 0 aliphatic rings. The first-order valence-electron chi connectivity index (χ1n) is 16.0. The molecule has 0 saturated heterocycles. The molecular weight excluding hydrogens is 583 g/mol. The van der Waals surface area contributed by atoms with Crippen molar-refractivity contribution in [2.24, 2.45) is 0 Å². The van der Waals surface area contributed by atoms with E-state index in [1.165, 1.54) is 10.8 Å². The Morgan fingerprint density at radius 1 is 0.354 bits per heavy atom. The molecule has 0 aliphatic carbocycles. The molecule has 0 saturated carbocycles. The average Bonchev–Trinajstić information content (AvgIpc) is 3.17. The third-order valence-corrected chi connectivity index (χ3v) is 8.85. The van der Waals surface area contributed by atoms with Crippen molar-refractivity contribution in [1.82, 2.24) is 15.0 Å². The zero-order valence-electron chi connectivity index (χ0n) is 26.3. The maximum atomic E-state index is 5.08. The summed E-state index contributed by atoms with van der Waals surface area (Å²) in [6, 6.07) is 52.4. The molecule has 1 aromatic heterocycles. The summed E-state index contributed by atoms with van der Waals surface area (Å²) in [7, 11) is 0. The van der Waals surface area contributed by atoms with Crippen molar-refractivity contribution >= 4 is 33.7 Å². The molecule has 226 valence electrons. The second-order valence-corrected chi connectivity index (χ2v) is 11.7. The summed E-state index contributed by atoms with van der Waals surface area (Å²) in [5.41, 5.74) is 9.37. The van der Waals surface area contributed by atoms with Crippen LogP contribution in [-0.4, -0.2) is 15.0 Å². The fourth-order valence-corrected chi connectivity index (χ4v) is 6.62. The smallest absolute Gasteiger partial charge is 0.164 e. The lowest BCUT2D eigenvalue weighted by Crippen LogP contribution is -2.00. The number of aromatic nitrogens is 3. The summed E-state index contributed by atoms with van der Waals surface area (Å²) >= 11 is 0. The first kappa shape index (κ1) is 29.0. The Bertz CT molecular complexity index is 2410. The lowest BCUT2D eigenvalue weighted by atomic mass is 9.86. The Morgan fingerprint density at radius 3 is 1.38 bits per heavy atom. The maximum absolute atomic E-state index is 5.08. The first-order chi connectivity index (χ1) is 23.7. The normalized spacial score (nSPS) is 11.1. The Hall–Kier alpha value is -6.45. The standard InChI is InChI=1S/C45H31N3/c1-3-36-37(4-2)40-26-16-25-38(42(40)41-24-15-14-23-39(36)41)34-27-33(30-17-8-5-9-18-30)28-35(29-34)45-47-43(31-19-10-6-11-20-31)46-44(48-45)32-21-12-7-13-22-32/h3-29H,1-2H2. The zero-order chi connectivity index (χ0) is 32.5. The predicted octanol–water partition coefficient (Wildman–Crippen LogP) is 11.8. The van der Waals surface area contributed by atoms with Gasteiger partial charge in [0.05, 0.1) is 0 Å². The van der Waals surface area contributed by atoms with E-state index < -0.39 is 0 Å². The molecule has 3 nitrogen and oxygen atoms in total. The Balaban J connectivity index is 1.44. The van der Waals surface area contributed by atoms with Crippen LogP contribution in [0.25, 0.3) is 90.1 Å². The van der Waals surface area contributed by atoms with E-state index in [1.807, 2.05) is 78.9 Å². The minimum absolute atomic E-state index is 0.618. The van der Waals surface area contributed by atoms with Gasteiger partial charge in [-0.15, -0.1) is 0 Å². The third-order valence-electron chi connectivity index (χ3n) is 8.85. The third kappa shape index (κ3) is 5.18. The van der Waals surface area contributed by atoms with Gasteiger partial charge in [-0.3, -0.25) is 0 Å². The van der Waals surface area contributed by atoms with Crippen molar-refractivity contribution in [2.75, 3.05) is 0 Å². The number of benzene rings is 7. The van der Waals surface area contributed by atoms with Crippen molar-refractivity contribution in [3.05, 3.63) is 176 Å². The molecule has 7 aromatic carbocycles. The highest BCUT2D eigenvalue weighted by Gasteiger charge is 2.18. The summed E-state index contributed by atoms with van der Waals surface area (Å²) in [4.78, 5) is 15.1. The van der Waals surface area contributed by atoms with Crippen molar-refractivity contribution in [1.29, 1.82) is 0 Å². The van der Waals surface area contributed by atoms with Gasteiger partial charge in [-0.05, 0) is 73.1 Å². The lowest BCUT2D eigenvalue weighted by Gasteiger charge is -2.17. The van der Waals surface area contributed by atoms with Gasteiger partial charge in [0.1, 0.15) is 0 Å². The minimum Gasteiger partial charge on any atom is -0.208 e. The lowest BCUT2D eigenvalue weighted by molar-refractivity contribution is 1.07. The maximum Gasteiger partial charge on any atom is 0.164 e. The number of hydrogen-bond acceptors (Lipinski definition) is 3. The van der Waals surface area contributed by atoms with Crippen LogP contribution in [0, 0.1) is 0 Å². The van der Waals surface area contributed by atoms with Gasteiger partial charge in [-0.25, -0.2) is 15.0 Å². The molecule has 0 aliphatic heterocycles. The van der Waals surface area contributed by atoms with E-state index >= 15 is 0 Å². The summed E-state index contributed by atoms with van der Waals surface area (Å²) < 4.78 is 0. The predicted molar refractivity (Wildman–Crippen MR) is 202 cm³/mol. The van der Waals surface area contributed by atoms with Gasteiger partial charge in [0.15, 0.2) is 17.5 Å². The van der Waals surface area contributed by atoms with E-state index in [1.54, 1.807) is 0 Å². The molecule has 0 bridgehead atoms. The molecular formula is C45H31N3. The molecule has 48 heavy (non-hydrogen) atoms. The van der Waals surface area contributed by atoms with Crippen LogP contribution in [0.4, 0.5) is 0 Å². The summed E-state index contributed by atoms with van der Waals surface area (Å²) in [6.45, 7) is 8.36. The van der Waals surface area contributed by atoms with E-state index in [0.717, 1.165) is 60.8 Å². The molecule has 1 heterocycles. The highest BCUT2D eigenvalue weighted by Crippen LogP contribution is 2.42. The quantitative estimate of drug-likeness (QED) is 0.168. The van der Waals surface area contributed by atoms with Crippen LogP contribution in [0.1, 0.15) is 11.1 Å². The van der Waals surface area contributed by atoms with E-state index in [-0.39, 0.29) is 0 Å². The van der Waals surface area contributed by atoms with Crippen LogP contribution in [0.2, 0.25) is 0 Å². The van der Waals surface area contributed by atoms with Crippen LogP contribution in [0.3, 0.4) is 0 Å². The molecule has 0 N–H and O–H groups in total. The summed E-state index contributed by atoms with van der Waals surface area (Å²) in [5, 5.41) is 4.64. The highest BCUT2D eigenvalue weighted by atomic mass is 15.0. The fourth-order valence-electron chi connectivity index (χ4n) is 6.62. The topological polar surface area (TPSA) is 38.7 Å². The number of fused-ring (bicyclic) bond motifs is 3. The SMILES string of the molecule is C=Cc1c(C=C)c2cccc(-c3cc(-c4ccccc4)cc(-c4nc(-c5ccccc5)nc(-c5ccccc5)n4)c3)c2c2ccccc12. The Morgan fingerprint density at radius 2 is 0.792 bits per heavy atom.